The highest BCUT2D eigenvalue weighted by Gasteiger charge is 2.12. The van der Waals surface area contributed by atoms with Crippen LogP contribution in [0.4, 0.5) is 5.69 Å². The van der Waals surface area contributed by atoms with Gasteiger partial charge in [-0.2, -0.15) is 0 Å². The molecule has 0 saturated carbocycles. The van der Waals surface area contributed by atoms with Gasteiger partial charge < -0.3 is 20.5 Å². The maximum Gasteiger partial charge on any atom is 0.341 e. The average Bonchev–Trinajstić information content (AvgIpc) is 2.37. The van der Waals surface area contributed by atoms with Crippen LogP contribution in [0.15, 0.2) is 24.3 Å². The van der Waals surface area contributed by atoms with E-state index in [-0.39, 0.29) is 11.8 Å². The van der Waals surface area contributed by atoms with E-state index in [1.54, 1.807) is 31.3 Å². The number of carbonyl (C=O) groups is 2. The Bertz CT molecular complexity index is 448. The molecule has 0 aliphatic heterocycles. The quantitative estimate of drug-likeness (QED) is 0.683. The van der Waals surface area contributed by atoms with E-state index in [0.29, 0.717) is 18.0 Å². The van der Waals surface area contributed by atoms with Crippen LogP contribution in [0.2, 0.25) is 0 Å². The van der Waals surface area contributed by atoms with Gasteiger partial charge in [0.1, 0.15) is 5.75 Å². The number of ether oxygens (including phenoxy) is 1. The molecule has 1 amide bonds. The lowest BCUT2D eigenvalue weighted by Crippen LogP contribution is -2.28. The zero-order chi connectivity index (χ0) is 14.3. The van der Waals surface area contributed by atoms with Crippen LogP contribution in [0.3, 0.4) is 0 Å². The van der Waals surface area contributed by atoms with E-state index in [0.717, 1.165) is 0 Å². The summed E-state index contributed by atoms with van der Waals surface area (Å²) in [6.45, 7) is 1.99. The van der Waals surface area contributed by atoms with E-state index in [1.807, 2.05) is 6.92 Å². The first-order valence-corrected chi connectivity index (χ1v) is 5.93. The van der Waals surface area contributed by atoms with Crippen molar-refractivity contribution in [2.75, 3.05) is 25.5 Å². The highest BCUT2D eigenvalue weighted by atomic mass is 16.5. The summed E-state index contributed by atoms with van der Waals surface area (Å²) in [5.74, 6) is -0.906. The van der Waals surface area contributed by atoms with Gasteiger partial charge in [0, 0.05) is 24.2 Å². The summed E-state index contributed by atoms with van der Waals surface area (Å²) in [7, 11) is 1.78. The Balaban J connectivity index is 2.61. The Morgan fingerprint density at radius 3 is 2.79 bits per heavy atom. The maximum absolute atomic E-state index is 11.8. The first-order valence-electron chi connectivity index (χ1n) is 5.93. The second kappa shape index (κ2) is 7.38. The smallest absolute Gasteiger partial charge is 0.341 e. The Labute approximate surface area is 111 Å². The third-order valence-electron chi connectivity index (χ3n) is 2.42. The molecule has 0 fully saturated rings. The normalized spacial score (nSPS) is 11.7. The van der Waals surface area contributed by atoms with Crippen LogP contribution in [-0.2, 0) is 9.59 Å². The molecule has 1 atom stereocenters. The summed E-state index contributed by atoms with van der Waals surface area (Å²) in [6.07, 6.45) is 0. The van der Waals surface area contributed by atoms with Gasteiger partial charge in [0.2, 0.25) is 5.91 Å². The average molecular weight is 266 g/mol. The van der Waals surface area contributed by atoms with Crippen molar-refractivity contribution >= 4 is 17.6 Å². The van der Waals surface area contributed by atoms with E-state index in [4.69, 9.17) is 9.84 Å². The van der Waals surface area contributed by atoms with Crippen LogP contribution in [0, 0.1) is 5.92 Å². The number of carbonyl (C=O) groups excluding carboxylic acids is 1. The molecule has 6 nitrogen and oxygen atoms in total. The number of nitrogens with one attached hydrogen (secondary N) is 2. The molecule has 0 bridgehead atoms. The zero-order valence-corrected chi connectivity index (χ0v) is 11.0. The van der Waals surface area contributed by atoms with Crippen molar-refractivity contribution in [2.45, 2.75) is 6.92 Å². The SMILES string of the molecule is CNCC(C)C(=O)Nc1cccc(OCC(=O)O)c1. The topological polar surface area (TPSA) is 87.7 Å². The summed E-state index contributed by atoms with van der Waals surface area (Å²) >= 11 is 0. The van der Waals surface area contributed by atoms with Gasteiger partial charge in [-0.25, -0.2) is 4.79 Å². The summed E-state index contributed by atoms with van der Waals surface area (Å²) < 4.78 is 5.03. The molecule has 0 heterocycles. The minimum atomic E-state index is -1.04. The van der Waals surface area contributed by atoms with Crippen LogP contribution >= 0.6 is 0 Å². The van der Waals surface area contributed by atoms with Gasteiger partial charge >= 0.3 is 5.97 Å². The summed E-state index contributed by atoms with van der Waals surface area (Å²) in [4.78, 5) is 22.2. The fraction of sp³-hybridized carbons (Fsp3) is 0.385. The fourth-order valence-electron chi connectivity index (χ4n) is 1.47. The lowest BCUT2D eigenvalue weighted by molar-refractivity contribution is -0.139. The Morgan fingerprint density at radius 2 is 2.16 bits per heavy atom. The third-order valence-corrected chi connectivity index (χ3v) is 2.42. The molecule has 104 valence electrons. The lowest BCUT2D eigenvalue weighted by Gasteiger charge is -2.12. The molecule has 0 spiro atoms. The van der Waals surface area contributed by atoms with Gasteiger partial charge in [-0.1, -0.05) is 13.0 Å². The number of aliphatic carboxylic acids is 1. The standard InChI is InChI=1S/C13H18N2O4/c1-9(7-14-2)13(18)15-10-4-3-5-11(6-10)19-8-12(16)17/h3-6,9,14H,7-8H2,1-2H3,(H,15,18)(H,16,17). The molecule has 0 aliphatic rings. The predicted molar refractivity (Wildman–Crippen MR) is 71.3 cm³/mol. The van der Waals surface area contributed by atoms with Crippen molar-refractivity contribution in [3.63, 3.8) is 0 Å². The molecule has 3 N–H and O–H groups in total. The van der Waals surface area contributed by atoms with E-state index >= 15 is 0 Å². The second-order valence-corrected chi connectivity index (χ2v) is 4.16. The Morgan fingerprint density at radius 1 is 1.42 bits per heavy atom. The maximum atomic E-state index is 11.8. The van der Waals surface area contributed by atoms with Crippen LogP contribution < -0.4 is 15.4 Å². The first-order chi connectivity index (χ1) is 9.02. The van der Waals surface area contributed by atoms with E-state index in [2.05, 4.69) is 10.6 Å². The van der Waals surface area contributed by atoms with Crippen molar-refractivity contribution in [2.24, 2.45) is 5.92 Å². The number of amides is 1. The number of rotatable bonds is 7. The molecule has 0 radical (unpaired) electrons. The van der Waals surface area contributed by atoms with Crippen molar-refractivity contribution in [3.8, 4) is 5.75 Å². The van der Waals surface area contributed by atoms with Crippen molar-refractivity contribution in [3.05, 3.63) is 24.3 Å². The minimum absolute atomic E-state index is 0.107. The number of hydrogen-bond donors (Lipinski definition) is 3. The number of hydrogen-bond acceptors (Lipinski definition) is 4. The third kappa shape index (κ3) is 5.39. The monoisotopic (exact) mass is 266 g/mol. The van der Waals surface area contributed by atoms with E-state index in [1.165, 1.54) is 0 Å². The van der Waals surface area contributed by atoms with Gasteiger partial charge in [0.05, 0.1) is 0 Å². The molecule has 6 heteroatoms. The molecule has 1 aromatic rings. The van der Waals surface area contributed by atoms with Crippen molar-refractivity contribution in [1.29, 1.82) is 0 Å². The molecule has 19 heavy (non-hydrogen) atoms. The van der Waals surface area contributed by atoms with Crippen LogP contribution in [-0.4, -0.2) is 37.2 Å². The lowest BCUT2D eigenvalue weighted by atomic mass is 10.1. The molecule has 0 aliphatic carbocycles. The predicted octanol–water partition coefficient (Wildman–Crippen LogP) is 0.944. The van der Waals surface area contributed by atoms with Crippen molar-refractivity contribution in [1.82, 2.24) is 5.32 Å². The molecule has 1 rings (SSSR count). The number of carboxylic acids is 1. The van der Waals surface area contributed by atoms with Crippen LogP contribution in [0.1, 0.15) is 6.92 Å². The molecular weight excluding hydrogens is 248 g/mol. The largest absolute Gasteiger partial charge is 0.482 e. The summed E-state index contributed by atoms with van der Waals surface area (Å²) in [5.41, 5.74) is 0.579. The van der Waals surface area contributed by atoms with Gasteiger partial charge in [-0.05, 0) is 19.2 Å². The molecule has 0 saturated heterocycles. The Hall–Kier alpha value is -2.08. The van der Waals surface area contributed by atoms with Crippen LogP contribution in [0.5, 0.6) is 5.75 Å². The summed E-state index contributed by atoms with van der Waals surface area (Å²) in [6, 6.07) is 6.63. The number of anilines is 1. The van der Waals surface area contributed by atoms with E-state index < -0.39 is 12.6 Å². The van der Waals surface area contributed by atoms with E-state index in [9.17, 15) is 9.59 Å². The van der Waals surface area contributed by atoms with Crippen molar-refractivity contribution < 1.29 is 19.4 Å². The highest BCUT2D eigenvalue weighted by Crippen LogP contribution is 2.17. The Kier molecular flexibility index (Phi) is 5.81. The number of benzene rings is 1. The summed E-state index contributed by atoms with van der Waals surface area (Å²) in [5, 5.41) is 14.2. The molecular formula is C13H18N2O4. The molecule has 0 aromatic heterocycles. The minimum Gasteiger partial charge on any atom is -0.482 e. The van der Waals surface area contributed by atoms with Gasteiger partial charge in [-0.3, -0.25) is 4.79 Å². The zero-order valence-electron chi connectivity index (χ0n) is 11.0. The number of carboxylic acid groups (broad SMARTS) is 1. The first kappa shape index (κ1) is 15.0. The fourth-order valence-corrected chi connectivity index (χ4v) is 1.47. The molecule has 1 unspecified atom stereocenters. The van der Waals surface area contributed by atoms with Gasteiger partial charge in [0.15, 0.2) is 6.61 Å². The van der Waals surface area contributed by atoms with Gasteiger partial charge in [0.25, 0.3) is 0 Å². The highest BCUT2D eigenvalue weighted by molar-refractivity contribution is 5.92. The second-order valence-electron chi connectivity index (χ2n) is 4.16. The van der Waals surface area contributed by atoms with Crippen LogP contribution in [0.25, 0.3) is 0 Å². The van der Waals surface area contributed by atoms with Gasteiger partial charge in [-0.15, -0.1) is 0 Å². The molecule has 1 aromatic carbocycles.